The molecular weight excluding hydrogens is 136 g/mol. The lowest BCUT2D eigenvalue weighted by Gasteiger charge is -2.21. The first-order valence-electron chi connectivity index (χ1n) is 4.55. The van der Waals surface area contributed by atoms with E-state index in [2.05, 4.69) is 20.8 Å². The fourth-order valence-corrected chi connectivity index (χ4v) is 0.914. The molecule has 0 heterocycles. The zero-order valence-corrected chi connectivity index (χ0v) is 8.52. The summed E-state index contributed by atoms with van der Waals surface area (Å²) >= 11 is 0. The van der Waals surface area contributed by atoms with E-state index < -0.39 is 5.60 Å². The van der Waals surface area contributed by atoms with Gasteiger partial charge in [0, 0.05) is 0 Å². The highest BCUT2D eigenvalue weighted by atomic mass is 16.3. The van der Waals surface area contributed by atoms with Gasteiger partial charge in [0.05, 0.1) is 5.60 Å². The molecular formula is C10H22O. The third-order valence-corrected chi connectivity index (χ3v) is 2.35. The maximum Gasteiger partial charge on any atom is 0.0591 e. The maximum absolute atomic E-state index is 9.45. The molecule has 11 heavy (non-hydrogen) atoms. The van der Waals surface area contributed by atoms with Crippen molar-refractivity contribution < 1.29 is 5.11 Å². The minimum atomic E-state index is -0.483. The van der Waals surface area contributed by atoms with E-state index in [1.807, 2.05) is 13.8 Å². The molecule has 1 nitrogen and oxygen atoms in total. The molecule has 0 bridgehead atoms. The first-order valence-corrected chi connectivity index (χ1v) is 4.55. The molecule has 0 aliphatic heterocycles. The summed E-state index contributed by atoms with van der Waals surface area (Å²) in [5.41, 5.74) is -0.483. The van der Waals surface area contributed by atoms with Crippen molar-refractivity contribution in [3.8, 4) is 0 Å². The van der Waals surface area contributed by atoms with Gasteiger partial charge in [-0.2, -0.15) is 0 Å². The molecule has 0 saturated carbocycles. The van der Waals surface area contributed by atoms with Crippen LogP contribution in [0.1, 0.15) is 47.5 Å². The second kappa shape index (κ2) is 4.10. The quantitative estimate of drug-likeness (QED) is 0.667. The van der Waals surface area contributed by atoms with Crippen LogP contribution in [0.5, 0.6) is 0 Å². The zero-order valence-electron chi connectivity index (χ0n) is 8.52. The van der Waals surface area contributed by atoms with Gasteiger partial charge in [-0.25, -0.2) is 0 Å². The first-order chi connectivity index (χ1) is 4.83. The Morgan fingerprint density at radius 2 is 1.64 bits per heavy atom. The monoisotopic (exact) mass is 158 g/mol. The van der Waals surface area contributed by atoms with Gasteiger partial charge in [-0.3, -0.25) is 0 Å². The highest BCUT2D eigenvalue weighted by Crippen LogP contribution is 2.20. The fourth-order valence-electron chi connectivity index (χ4n) is 0.914. The van der Waals surface area contributed by atoms with Gasteiger partial charge < -0.3 is 5.11 Å². The van der Waals surface area contributed by atoms with E-state index in [0.717, 1.165) is 24.7 Å². The van der Waals surface area contributed by atoms with Crippen LogP contribution in [-0.2, 0) is 0 Å². The average Bonchev–Trinajstić information content (AvgIpc) is 1.80. The van der Waals surface area contributed by atoms with Crippen molar-refractivity contribution in [1.82, 2.24) is 0 Å². The Bertz CT molecular complexity index is 99.9. The van der Waals surface area contributed by atoms with Crippen LogP contribution in [0.2, 0.25) is 0 Å². The SMILES string of the molecule is CC(C)[C@@H](C)CCC(C)(C)O. The Morgan fingerprint density at radius 3 is 1.91 bits per heavy atom. The molecule has 0 amide bonds. The van der Waals surface area contributed by atoms with Crippen LogP contribution in [0, 0.1) is 11.8 Å². The molecule has 0 aromatic heterocycles. The summed E-state index contributed by atoms with van der Waals surface area (Å²) in [4.78, 5) is 0. The van der Waals surface area contributed by atoms with E-state index in [1.54, 1.807) is 0 Å². The van der Waals surface area contributed by atoms with Gasteiger partial charge in [-0.15, -0.1) is 0 Å². The molecule has 0 spiro atoms. The largest absolute Gasteiger partial charge is 0.390 e. The fraction of sp³-hybridized carbons (Fsp3) is 1.00. The summed E-state index contributed by atoms with van der Waals surface area (Å²) in [7, 11) is 0. The second-order valence-corrected chi connectivity index (χ2v) is 4.57. The number of rotatable bonds is 4. The summed E-state index contributed by atoms with van der Waals surface area (Å²) in [6.07, 6.45) is 2.04. The van der Waals surface area contributed by atoms with Crippen LogP contribution < -0.4 is 0 Å². The summed E-state index contributed by atoms with van der Waals surface area (Å²) in [6.45, 7) is 10.5. The minimum absolute atomic E-state index is 0.483. The van der Waals surface area contributed by atoms with Gasteiger partial charge in [-0.05, 0) is 38.5 Å². The first kappa shape index (κ1) is 11.0. The minimum Gasteiger partial charge on any atom is -0.390 e. The molecule has 0 fully saturated rings. The molecule has 1 N–H and O–H groups in total. The summed E-state index contributed by atoms with van der Waals surface area (Å²) < 4.78 is 0. The van der Waals surface area contributed by atoms with Crippen LogP contribution in [0.25, 0.3) is 0 Å². The third-order valence-electron chi connectivity index (χ3n) is 2.35. The molecule has 0 radical (unpaired) electrons. The highest BCUT2D eigenvalue weighted by Gasteiger charge is 2.15. The van der Waals surface area contributed by atoms with Crippen LogP contribution in [0.3, 0.4) is 0 Å². The number of aliphatic hydroxyl groups is 1. The van der Waals surface area contributed by atoms with E-state index in [-0.39, 0.29) is 0 Å². The van der Waals surface area contributed by atoms with Crippen LogP contribution in [-0.4, -0.2) is 10.7 Å². The maximum atomic E-state index is 9.45. The van der Waals surface area contributed by atoms with Crippen LogP contribution in [0.15, 0.2) is 0 Å². The van der Waals surface area contributed by atoms with Gasteiger partial charge in [-0.1, -0.05) is 20.8 Å². The van der Waals surface area contributed by atoms with Gasteiger partial charge in [0.2, 0.25) is 0 Å². The van der Waals surface area contributed by atoms with Crippen molar-refractivity contribution >= 4 is 0 Å². The number of hydrogen-bond acceptors (Lipinski definition) is 1. The summed E-state index contributed by atoms with van der Waals surface area (Å²) in [5.74, 6) is 1.46. The highest BCUT2D eigenvalue weighted by molar-refractivity contribution is 4.68. The average molecular weight is 158 g/mol. The van der Waals surface area contributed by atoms with Crippen molar-refractivity contribution in [2.45, 2.75) is 53.1 Å². The predicted molar refractivity (Wildman–Crippen MR) is 49.5 cm³/mol. The zero-order chi connectivity index (χ0) is 9.07. The van der Waals surface area contributed by atoms with Gasteiger partial charge in [0.1, 0.15) is 0 Å². The molecule has 1 atom stereocenters. The third kappa shape index (κ3) is 6.36. The van der Waals surface area contributed by atoms with Gasteiger partial charge in [0.25, 0.3) is 0 Å². The second-order valence-electron chi connectivity index (χ2n) is 4.57. The van der Waals surface area contributed by atoms with Crippen LogP contribution in [0.4, 0.5) is 0 Å². The normalized spacial score (nSPS) is 15.5. The van der Waals surface area contributed by atoms with E-state index in [0.29, 0.717) is 0 Å². The summed E-state index contributed by atoms with van der Waals surface area (Å²) in [6, 6.07) is 0. The topological polar surface area (TPSA) is 20.2 Å². The van der Waals surface area contributed by atoms with Crippen molar-refractivity contribution in [3.63, 3.8) is 0 Å². The Kier molecular flexibility index (Phi) is 4.09. The van der Waals surface area contributed by atoms with Crippen molar-refractivity contribution in [1.29, 1.82) is 0 Å². The van der Waals surface area contributed by atoms with Crippen molar-refractivity contribution in [2.24, 2.45) is 11.8 Å². The van der Waals surface area contributed by atoms with Crippen LogP contribution >= 0.6 is 0 Å². The molecule has 0 aromatic carbocycles. The molecule has 0 aliphatic rings. The van der Waals surface area contributed by atoms with Gasteiger partial charge >= 0.3 is 0 Å². The molecule has 1 heteroatoms. The predicted octanol–water partition coefficient (Wildman–Crippen LogP) is 2.83. The van der Waals surface area contributed by atoms with E-state index in [4.69, 9.17) is 0 Å². The molecule has 0 aromatic rings. The molecule has 68 valence electrons. The smallest absolute Gasteiger partial charge is 0.0591 e. The molecule has 0 unspecified atom stereocenters. The Morgan fingerprint density at radius 1 is 1.18 bits per heavy atom. The van der Waals surface area contributed by atoms with E-state index >= 15 is 0 Å². The Balaban J connectivity index is 3.54. The lowest BCUT2D eigenvalue weighted by Crippen LogP contribution is -2.20. The van der Waals surface area contributed by atoms with Gasteiger partial charge in [0.15, 0.2) is 0 Å². The lowest BCUT2D eigenvalue weighted by atomic mass is 9.89. The van der Waals surface area contributed by atoms with E-state index in [1.165, 1.54) is 0 Å². The van der Waals surface area contributed by atoms with E-state index in [9.17, 15) is 5.11 Å². The lowest BCUT2D eigenvalue weighted by molar-refractivity contribution is 0.0620. The Labute approximate surface area is 70.8 Å². The molecule has 0 aliphatic carbocycles. The number of hydrogen-bond donors (Lipinski definition) is 1. The summed E-state index contributed by atoms with van der Waals surface area (Å²) in [5, 5.41) is 9.45. The van der Waals surface area contributed by atoms with Crippen molar-refractivity contribution in [3.05, 3.63) is 0 Å². The standard InChI is InChI=1S/C10H22O/c1-8(2)9(3)6-7-10(4,5)11/h8-9,11H,6-7H2,1-5H3/t9-/m0/s1. The molecule has 0 rings (SSSR count). The molecule has 0 saturated heterocycles. The Hall–Kier alpha value is -0.0400. The van der Waals surface area contributed by atoms with Crippen molar-refractivity contribution in [2.75, 3.05) is 0 Å².